The van der Waals surface area contributed by atoms with Crippen molar-refractivity contribution in [2.24, 2.45) is 0 Å². The highest BCUT2D eigenvalue weighted by Crippen LogP contribution is 2.40. The fraction of sp³-hybridized carbons (Fsp3) is 0.300. The van der Waals surface area contributed by atoms with Gasteiger partial charge >= 0.3 is 5.78 Å². The van der Waals surface area contributed by atoms with E-state index in [-0.39, 0.29) is 22.7 Å². The second-order valence-electron chi connectivity index (χ2n) is 6.65. The molecule has 2 aliphatic carbocycles. The van der Waals surface area contributed by atoms with Crippen LogP contribution in [-0.4, -0.2) is 71.2 Å². The number of nitrogens with zero attached hydrogens (tertiary/aromatic N) is 2. The standard InChI is InChI=1S/C20H23N2O2.2H2O/c1-21(2)15-9-5-13(6-10-15)17-19(23)18(20(17)24)14-7-11-16(12-8-14)22(3)4;;/h5-12,17,19,23H,1-4H3;2*1H2/q+1;;/p-1. The molecule has 2 atom stereocenters. The maximum atomic E-state index is 10.6. The van der Waals surface area contributed by atoms with E-state index < -0.39 is 6.10 Å². The molecule has 2 aliphatic rings. The number of carbonyl (C=O) groups excluding carboxylic acids is 1. The summed E-state index contributed by atoms with van der Waals surface area (Å²) in [6, 6.07) is 7.93. The topological polar surface area (TPSA) is 108 Å². The Kier molecular flexibility index (Phi) is 6.80. The number of hydrogen-bond donors (Lipinski definition) is 1. The molecule has 3 rings (SSSR count). The molecule has 0 bridgehead atoms. The lowest BCUT2D eigenvalue weighted by Crippen LogP contribution is -2.44. The van der Waals surface area contributed by atoms with Gasteiger partial charge < -0.3 is 21.0 Å². The Balaban J connectivity index is 0.00000169. The van der Waals surface area contributed by atoms with Crippen molar-refractivity contribution in [2.45, 2.75) is 12.0 Å². The molecule has 0 amide bonds. The van der Waals surface area contributed by atoms with Crippen LogP contribution in [0.1, 0.15) is 11.5 Å². The Morgan fingerprint density at radius 1 is 0.962 bits per heavy atom. The summed E-state index contributed by atoms with van der Waals surface area (Å²) in [6.45, 7) is 0. The van der Waals surface area contributed by atoms with Crippen LogP contribution in [0.5, 0.6) is 0 Å². The molecule has 0 radical (unpaired) electrons. The van der Waals surface area contributed by atoms with E-state index >= 15 is 0 Å². The van der Waals surface area contributed by atoms with Crippen molar-refractivity contribution in [3.63, 3.8) is 0 Å². The molecular weight excluding hydrogens is 332 g/mol. The van der Waals surface area contributed by atoms with Gasteiger partial charge in [0.05, 0.1) is 5.57 Å². The monoisotopic (exact) mass is 358 g/mol. The normalized spacial score (nSPS) is 21.0. The average molecular weight is 358 g/mol. The van der Waals surface area contributed by atoms with E-state index in [1.807, 2.05) is 86.2 Å². The smallest absolute Gasteiger partial charge is 0.333 e. The Bertz CT molecular complexity index is 780. The van der Waals surface area contributed by atoms with Gasteiger partial charge in [-0.15, -0.1) is 0 Å². The first-order valence-corrected chi connectivity index (χ1v) is 8.06. The largest absolute Gasteiger partial charge is 0.870 e. The van der Waals surface area contributed by atoms with Crippen molar-refractivity contribution in [3.05, 3.63) is 65.3 Å². The zero-order valence-electron chi connectivity index (χ0n) is 15.5. The van der Waals surface area contributed by atoms with Crippen molar-refractivity contribution in [2.75, 3.05) is 33.1 Å². The van der Waals surface area contributed by atoms with Gasteiger partial charge in [-0.2, -0.15) is 0 Å². The molecule has 0 heterocycles. The average Bonchev–Trinajstić information content (AvgIpc) is 2.56. The number of rotatable bonds is 2. The quantitative estimate of drug-likeness (QED) is 0.491. The fourth-order valence-corrected chi connectivity index (χ4v) is 3.12. The predicted molar refractivity (Wildman–Crippen MR) is 103 cm³/mol. The molecule has 0 spiro atoms. The van der Waals surface area contributed by atoms with Gasteiger partial charge in [0.1, 0.15) is 26.1 Å². The van der Waals surface area contributed by atoms with Crippen LogP contribution in [0.15, 0.2) is 59.7 Å². The molecule has 6 nitrogen and oxygen atoms in total. The Morgan fingerprint density at radius 3 is 1.92 bits per heavy atom. The van der Waals surface area contributed by atoms with E-state index in [0.29, 0.717) is 5.57 Å². The number of hydrogen-bond acceptors (Lipinski definition) is 4. The minimum atomic E-state index is -0.680. The zero-order chi connectivity index (χ0) is 17.4. The number of ketones is 1. The van der Waals surface area contributed by atoms with Crippen LogP contribution in [0.3, 0.4) is 0 Å². The number of aliphatic hydroxyl groups is 1. The van der Waals surface area contributed by atoms with Gasteiger partial charge in [0.15, 0.2) is 5.71 Å². The molecule has 6 heteroatoms. The third-order valence-corrected chi connectivity index (χ3v) is 4.65. The van der Waals surface area contributed by atoms with Gasteiger partial charge in [-0.1, -0.05) is 12.1 Å². The first-order chi connectivity index (χ1) is 11.4. The summed E-state index contributed by atoms with van der Waals surface area (Å²) in [4.78, 5) is 12.5. The van der Waals surface area contributed by atoms with Gasteiger partial charge in [-0.05, 0) is 35.4 Å². The summed E-state index contributed by atoms with van der Waals surface area (Å²) < 4.78 is 2.02. The first kappa shape index (κ1) is 21.5. The minimum Gasteiger partial charge on any atom is -0.870 e. The molecule has 4 N–H and O–H groups in total. The highest BCUT2D eigenvalue weighted by atomic mass is 16.3. The van der Waals surface area contributed by atoms with E-state index in [9.17, 15) is 9.90 Å². The summed E-state index contributed by atoms with van der Waals surface area (Å²) in [5.41, 5.74) is 4.60. The van der Waals surface area contributed by atoms with Crippen molar-refractivity contribution >= 4 is 17.2 Å². The number of anilines is 1. The van der Waals surface area contributed by atoms with Crippen LogP contribution in [0.25, 0.3) is 0 Å². The third kappa shape index (κ3) is 3.67. The Morgan fingerprint density at radius 2 is 1.50 bits per heavy atom. The maximum Gasteiger partial charge on any atom is 0.333 e. The van der Waals surface area contributed by atoms with Gasteiger partial charge in [0.2, 0.25) is 0 Å². The molecule has 140 valence electrons. The molecule has 1 saturated carbocycles. The molecule has 1 aromatic rings. The van der Waals surface area contributed by atoms with E-state index in [2.05, 4.69) is 0 Å². The van der Waals surface area contributed by atoms with Gasteiger partial charge in [0.25, 0.3) is 0 Å². The number of aliphatic hydroxyl groups excluding tert-OH is 1. The van der Waals surface area contributed by atoms with Gasteiger partial charge in [-0.25, -0.2) is 4.58 Å². The van der Waals surface area contributed by atoms with Crippen LogP contribution in [0, 0.1) is 0 Å². The van der Waals surface area contributed by atoms with Crippen LogP contribution in [0.2, 0.25) is 0 Å². The second-order valence-corrected chi connectivity index (χ2v) is 6.65. The summed E-state index contributed by atoms with van der Waals surface area (Å²) >= 11 is 0. The summed E-state index contributed by atoms with van der Waals surface area (Å²) in [6.07, 6.45) is 7.17. The van der Waals surface area contributed by atoms with Crippen molar-refractivity contribution in [3.8, 4) is 0 Å². The molecule has 2 unspecified atom stereocenters. The lowest BCUT2D eigenvalue weighted by Gasteiger charge is -2.31. The summed E-state index contributed by atoms with van der Waals surface area (Å²) in [7, 11) is 7.94. The highest BCUT2D eigenvalue weighted by Gasteiger charge is 2.51. The van der Waals surface area contributed by atoms with Crippen LogP contribution in [-0.2, 0) is 0 Å². The SMILES string of the molecule is CN(C)c1ccc(C2C(=[OH+])C(=C3C=CC(=[N+](C)C)C=C3)C2O)cc1.[OH-].[OH-]. The molecule has 26 heavy (non-hydrogen) atoms. The molecule has 0 aromatic heterocycles. The molecular formula is C20H26N2O4. The minimum absolute atomic E-state index is 0. The van der Waals surface area contributed by atoms with Crippen molar-refractivity contribution in [1.29, 1.82) is 0 Å². The third-order valence-electron chi connectivity index (χ3n) is 4.65. The zero-order valence-corrected chi connectivity index (χ0v) is 15.5. The lowest BCUT2D eigenvalue weighted by molar-refractivity contribution is -0.462. The summed E-state index contributed by atoms with van der Waals surface area (Å²) in [5.74, 6) is -0.0811. The molecule has 1 aromatic carbocycles. The van der Waals surface area contributed by atoms with Crippen LogP contribution < -0.4 is 4.90 Å². The number of allylic oxidation sites excluding steroid dienone is 5. The fourth-order valence-electron chi connectivity index (χ4n) is 3.12. The summed E-state index contributed by atoms with van der Waals surface area (Å²) in [5, 5.41) is 10.6. The van der Waals surface area contributed by atoms with E-state index in [4.69, 9.17) is 0 Å². The lowest BCUT2D eigenvalue weighted by atomic mass is 9.69. The van der Waals surface area contributed by atoms with Gasteiger partial charge in [0, 0.05) is 31.9 Å². The van der Waals surface area contributed by atoms with E-state index in [1.54, 1.807) is 0 Å². The molecule has 0 saturated heterocycles. The Hall–Kier alpha value is -2.54. The predicted octanol–water partition coefficient (Wildman–Crippen LogP) is 1.54. The second kappa shape index (κ2) is 8.23. The highest BCUT2D eigenvalue weighted by molar-refractivity contribution is 6.12. The van der Waals surface area contributed by atoms with Crippen LogP contribution >= 0.6 is 0 Å². The maximum absolute atomic E-state index is 10.6. The van der Waals surface area contributed by atoms with E-state index in [0.717, 1.165) is 22.5 Å². The Labute approximate surface area is 153 Å². The molecule has 0 aliphatic heterocycles. The molecule has 1 fully saturated rings. The van der Waals surface area contributed by atoms with Crippen molar-refractivity contribution in [1.82, 2.24) is 0 Å². The van der Waals surface area contributed by atoms with Gasteiger partial charge in [-0.3, -0.25) is 4.79 Å². The number of benzene rings is 1. The van der Waals surface area contributed by atoms with Crippen molar-refractivity contribution < 1.29 is 25.4 Å². The van der Waals surface area contributed by atoms with E-state index in [1.165, 1.54) is 0 Å². The first-order valence-electron chi connectivity index (χ1n) is 8.06. The van der Waals surface area contributed by atoms with Crippen LogP contribution in [0.4, 0.5) is 5.69 Å².